The maximum absolute atomic E-state index is 12.8. The second-order valence-corrected chi connectivity index (χ2v) is 9.68. The van der Waals surface area contributed by atoms with Crippen LogP contribution in [-0.2, 0) is 4.79 Å². The van der Waals surface area contributed by atoms with E-state index in [4.69, 9.17) is 0 Å². The molecule has 30 heavy (non-hydrogen) atoms. The zero-order valence-corrected chi connectivity index (χ0v) is 18.5. The highest BCUT2D eigenvalue weighted by Gasteiger charge is 2.34. The molecule has 1 saturated carbocycles. The molecule has 0 spiro atoms. The minimum absolute atomic E-state index is 0.00671. The Morgan fingerprint density at radius 1 is 1.33 bits per heavy atom. The zero-order valence-electron chi connectivity index (χ0n) is 17.6. The quantitative estimate of drug-likeness (QED) is 0.553. The number of nitrogens with one attached hydrogen (secondary N) is 2. The maximum Gasteiger partial charge on any atom is 0.234 e. The molecule has 1 aliphatic rings. The van der Waals surface area contributed by atoms with Gasteiger partial charge in [-0.15, -0.1) is 10.2 Å². The van der Waals surface area contributed by atoms with Gasteiger partial charge >= 0.3 is 0 Å². The molecule has 8 heteroatoms. The van der Waals surface area contributed by atoms with Crippen LogP contribution in [0.25, 0.3) is 22.3 Å². The normalized spacial score (nSPS) is 16.9. The lowest BCUT2D eigenvalue weighted by molar-refractivity contribution is -0.121. The third-order valence-corrected chi connectivity index (χ3v) is 6.88. The highest BCUT2D eigenvalue weighted by molar-refractivity contribution is 8.00. The molecular weight excluding hydrogens is 396 g/mol. The van der Waals surface area contributed by atoms with E-state index in [0.717, 1.165) is 40.3 Å². The van der Waals surface area contributed by atoms with Crippen molar-refractivity contribution in [1.82, 2.24) is 25.1 Å². The zero-order chi connectivity index (χ0) is 21.5. The largest absolute Gasteiger partial charge is 0.360 e. The van der Waals surface area contributed by atoms with Crippen molar-refractivity contribution in [2.45, 2.75) is 62.5 Å². The first-order valence-electron chi connectivity index (χ1n) is 10.3. The number of fused-ring (bicyclic) bond motifs is 1. The summed E-state index contributed by atoms with van der Waals surface area (Å²) in [5, 5.41) is 22.8. The van der Waals surface area contributed by atoms with Crippen molar-refractivity contribution in [3.8, 4) is 17.5 Å². The Morgan fingerprint density at radius 3 is 2.73 bits per heavy atom. The number of hydrogen-bond donors (Lipinski definition) is 2. The molecule has 2 heterocycles. The van der Waals surface area contributed by atoms with E-state index in [9.17, 15) is 10.1 Å². The lowest BCUT2D eigenvalue weighted by Gasteiger charge is -2.28. The van der Waals surface area contributed by atoms with Gasteiger partial charge in [0.1, 0.15) is 5.54 Å². The predicted octanol–water partition coefficient (Wildman–Crippen LogP) is 4.30. The lowest BCUT2D eigenvalue weighted by atomic mass is 9.90. The third-order valence-electron chi connectivity index (χ3n) is 5.83. The molecule has 0 bridgehead atoms. The molecular formula is C22H26N6OS. The van der Waals surface area contributed by atoms with E-state index in [2.05, 4.69) is 37.2 Å². The number of carbonyl (C=O) groups is 1. The van der Waals surface area contributed by atoms with E-state index in [1.165, 1.54) is 11.8 Å². The number of amides is 1. The van der Waals surface area contributed by atoms with Crippen LogP contribution in [0.15, 0.2) is 35.6 Å². The fourth-order valence-corrected chi connectivity index (χ4v) is 4.25. The van der Waals surface area contributed by atoms with Crippen molar-refractivity contribution in [3.63, 3.8) is 0 Å². The highest BCUT2D eigenvalue weighted by Crippen LogP contribution is 2.42. The van der Waals surface area contributed by atoms with Crippen molar-refractivity contribution in [3.05, 3.63) is 30.5 Å². The van der Waals surface area contributed by atoms with Gasteiger partial charge < -0.3 is 10.3 Å². The number of nitriles is 1. The van der Waals surface area contributed by atoms with Crippen LogP contribution in [0, 0.1) is 17.2 Å². The average Bonchev–Trinajstić information content (AvgIpc) is 3.35. The minimum Gasteiger partial charge on any atom is -0.360 e. The fraction of sp³-hybridized carbons (Fsp3) is 0.455. The summed E-state index contributed by atoms with van der Waals surface area (Å²) in [7, 11) is 0. The number of para-hydroxylation sites is 1. The van der Waals surface area contributed by atoms with Crippen LogP contribution < -0.4 is 5.32 Å². The Hall–Kier alpha value is -2.79. The summed E-state index contributed by atoms with van der Waals surface area (Å²) in [5.74, 6) is 0.665. The van der Waals surface area contributed by atoms with Crippen molar-refractivity contribution >= 4 is 28.6 Å². The molecule has 3 aromatic rings. The van der Waals surface area contributed by atoms with Crippen LogP contribution in [0.1, 0.15) is 46.6 Å². The molecule has 1 amide bonds. The van der Waals surface area contributed by atoms with E-state index >= 15 is 0 Å². The Morgan fingerprint density at radius 2 is 2.07 bits per heavy atom. The van der Waals surface area contributed by atoms with Gasteiger partial charge in [0.15, 0.2) is 11.0 Å². The Bertz CT molecular complexity index is 1120. The molecule has 7 nitrogen and oxygen atoms in total. The second kappa shape index (κ2) is 7.80. The van der Waals surface area contributed by atoms with Crippen LogP contribution in [0.2, 0.25) is 0 Å². The molecule has 1 aliphatic carbocycles. The predicted molar refractivity (Wildman–Crippen MR) is 118 cm³/mol. The summed E-state index contributed by atoms with van der Waals surface area (Å²) in [6.07, 6.45) is 4.14. The van der Waals surface area contributed by atoms with E-state index in [1.807, 2.05) is 45.2 Å². The molecule has 0 aliphatic heterocycles. The number of aromatic amines is 1. The van der Waals surface area contributed by atoms with Gasteiger partial charge in [-0.2, -0.15) is 5.26 Å². The van der Waals surface area contributed by atoms with E-state index in [0.29, 0.717) is 6.04 Å². The molecule has 0 saturated heterocycles. The van der Waals surface area contributed by atoms with Gasteiger partial charge in [-0.1, -0.05) is 43.8 Å². The molecule has 1 fully saturated rings. The molecule has 156 valence electrons. The monoisotopic (exact) mass is 422 g/mol. The molecule has 2 atom stereocenters. The van der Waals surface area contributed by atoms with Crippen molar-refractivity contribution < 1.29 is 4.79 Å². The summed E-state index contributed by atoms with van der Waals surface area (Å²) >= 11 is 1.39. The van der Waals surface area contributed by atoms with Crippen LogP contribution in [-0.4, -0.2) is 36.4 Å². The van der Waals surface area contributed by atoms with E-state index in [1.54, 1.807) is 6.92 Å². The van der Waals surface area contributed by atoms with Gasteiger partial charge in [-0.05, 0) is 38.7 Å². The van der Waals surface area contributed by atoms with Gasteiger partial charge in [0.2, 0.25) is 5.91 Å². The first-order chi connectivity index (χ1) is 14.3. The van der Waals surface area contributed by atoms with Gasteiger partial charge in [-0.3, -0.25) is 9.36 Å². The number of H-pyrrole nitrogens is 1. The standard InChI is InChI=1S/C22H26N6OS/c1-13(2)22(4,12-23)25-20(29)14(3)30-21-27-26-19(28(21)15-9-10-15)17-11-24-18-8-6-5-7-16(17)18/h5-8,11,13-15,24H,9-10H2,1-4H3,(H,25,29)/t14-,22+/m0/s1. The van der Waals surface area contributed by atoms with Gasteiger partial charge in [-0.25, -0.2) is 0 Å². The Labute approximate surface area is 180 Å². The summed E-state index contributed by atoms with van der Waals surface area (Å²) in [6, 6.07) is 10.7. The third kappa shape index (κ3) is 3.70. The fourth-order valence-electron chi connectivity index (χ4n) is 3.33. The topological polar surface area (TPSA) is 99.4 Å². The number of benzene rings is 1. The number of carbonyl (C=O) groups excluding carboxylic acids is 1. The van der Waals surface area contributed by atoms with Crippen LogP contribution in [0.4, 0.5) is 0 Å². The Balaban J connectivity index is 1.60. The van der Waals surface area contributed by atoms with Crippen molar-refractivity contribution in [1.29, 1.82) is 5.26 Å². The van der Waals surface area contributed by atoms with Gasteiger partial charge in [0, 0.05) is 28.7 Å². The van der Waals surface area contributed by atoms with Crippen LogP contribution in [0.3, 0.4) is 0 Å². The number of thioether (sulfide) groups is 1. The van der Waals surface area contributed by atoms with Crippen LogP contribution >= 0.6 is 11.8 Å². The van der Waals surface area contributed by atoms with E-state index < -0.39 is 10.8 Å². The molecule has 2 N–H and O–H groups in total. The lowest BCUT2D eigenvalue weighted by Crippen LogP contribution is -2.51. The second-order valence-electron chi connectivity index (χ2n) is 8.37. The molecule has 2 aromatic heterocycles. The van der Waals surface area contributed by atoms with E-state index in [-0.39, 0.29) is 11.8 Å². The maximum atomic E-state index is 12.8. The summed E-state index contributed by atoms with van der Waals surface area (Å²) in [5.41, 5.74) is 1.18. The van der Waals surface area contributed by atoms with Crippen molar-refractivity contribution in [2.24, 2.45) is 5.92 Å². The first-order valence-corrected chi connectivity index (χ1v) is 11.1. The average molecular weight is 423 g/mol. The van der Waals surface area contributed by atoms with Gasteiger partial charge in [0.05, 0.1) is 11.3 Å². The number of aromatic nitrogens is 4. The molecule has 0 radical (unpaired) electrons. The highest BCUT2D eigenvalue weighted by atomic mass is 32.2. The number of nitrogens with zero attached hydrogens (tertiary/aromatic N) is 4. The van der Waals surface area contributed by atoms with Crippen molar-refractivity contribution in [2.75, 3.05) is 0 Å². The Kier molecular flexibility index (Phi) is 5.33. The smallest absolute Gasteiger partial charge is 0.234 e. The molecule has 1 aromatic carbocycles. The van der Waals surface area contributed by atoms with Crippen LogP contribution in [0.5, 0.6) is 0 Å². The molecule has 0 unspecified atom stereocenters. The van der Waals surface area contributed by atoms with Gasteiger partial charge in [0.25, 0.3) is 0 Å². The summed E-state index contributed by atoms with van der Waals surface area (Å²) < 4.78 is 2.16. The molecule has 4 rings (SSSR count). The minimum atomic E-state index is -0.898. The SMILES string of the molecule is CC(C)[C@@](C)(C#N)NC(=O)[C@H](C)Sc1nnc(-c2c[nH]c3ccccc23)n1C1CC1. The number of hydrogen-bond acceptors (Lipinski definition) is 5. The summed E-state index contributed by atoms with van der Waals surface area (Å²) in [6.45, 7) is 7.46. The summed E-state index contributed by atoms with van der Waals surface area (Å²) in [4.78, 5) is 16.1. The first kappa shape index (κ1) is 20.5. The number of rotatable bonds is 7.